The molecule has 0 aliphatic heterocycles. The topological polar surface area (TPSA) is 25.8 Å². The van der Waals surface area contributed by atoms with E-state index in [1.807, 2.05) is 30.5 Å². The van der Waals surface area contributed by atoms with E-state index < -0.39 is 0 Å². The minimum Gasteiger partial charge on any atom is -0.236 e. The molecule has 3 heteroatoms. The molecule has 0 N–H and O–H groups in total. The Morgan fingerprint density at radius 1 is 0.933 bits per heavy atom. The van der Waals surface area contributed by atoms with Crippen LogP contribution in [0.15, 0.2) is 42.6 Å². The SMILES string of the molecule is Clc1ccc2c(ncc3ccccc32)n1. The molecule has 72 valence electrons. The molecule has 0 fully saturated rings. The Hall–Kier alpha value is -1.67. The van der Waals surface area contributed by atoms with Gasteiger partial charge < -0.3 is 0 Å². The van der Waals surface area contributed by atoms with E-state index in [9.17, 15) is 0 Å². The lowest BCUT2D eigenvalue weighted by atomic mass is 10.1. The smallest absolute Gasteiger partial charge is 0.161 e. The predicted molar refractivity (Wildman–Crippen MR) is 62.1 cm³/mol. The Labute approximate surface area is 91.5 Å². The highest BCUT2D eigenvalue weighted by molar-refractivity contribution is 6.29. The Kier molecular flexibility index (Phi) is 1.82. The summed E-state index contributed by atoms with van der Waals surface area (Å²) in [4.78, 5) is 8.45. The van der Waals surface area contributed by atoms with E-state index in [2.05, 4.69) is 16.0 Å². The van der Waals surface area contributed by atoms with E-state index in [1.54, 1.807) is 6.07 Å². The third-order valence-corrected chi connectivity index (χ3v) is 2.63. The largest absolute Gasteiger partial charge is 0.236 e. The minimum atomic E-state index is 0.477. The van der Waals surface area contributed by atoms with Crippen LogP contribution in [0.4, 0.5) is 0 Å². The number of rotatable bonds is 0. The average molecular weight is 215 g/mol. The van der Waals surface area contributed by atoms with Crippen LogP contribution in [0.5, 0.6) is 0 Å². The van der Waals surface area contributed by atoms with Gasteiger partial charge in [0.25, 0.3) is 0 Å². The Balaban J connectivity index is 2.55. The molecule has 0 atom stereocenters. The van der Waals surface area contributed by atoms with Crippen molar-refractivity contribution in [3.63, 3.8) is 0 Å². The first-order valence-corrected chi connectivity index (χ1v) is 5.02. The highest BCUT2D eigenvalue weighted by atomic mass is 35.5. The number of pyridine rings is 2. The van der Waals surface area contributed by atoms with Crippen molar-refractivity contribution in [2.75, 3.05) is 0 Å². The number of fused-ring (bicyclic) bond motifs is 3. The average Bonchev–Trinajstić information content (AvgIpc) is 2.28. The van der Waals surface area contributed by atoms with Gasteiger partial charge in [0.15, 0.2) is 5.65 Å². The van der Waals surface area contributed by atoms with Crippen molar-refractivity contribution >= 4 is 33.4 Å². The zero-order chi connectivity index (χ0) is 10.3. The van der Waals surface area contributed by atoms with E-state index in [0.29, 0.717) is 10.8 Å². The van der Waals surface area contributed by atoms with Gasteiger partial charge in [-0.25, -0.2) is 9.97 Å². The number of hydrogen-bond donors (Lipinski definition) is 0. The van der Waals surface area contributed by atoms with E-state index in [-0.39, 0.29) is 0 Å². The van der Waals surface area contributed by atoms with Crippen molar-refractivity contribution < 1.29 is 0 Å². The maximum absolute atomic E-state index is 5.82. The second kappa shape index (κ2) is 3.17. The first-order chi connectivity index (χ1) is 7.34. The van der Waals surface area contributed by atoms with Gasteiger partial charge in [-0.3, -0.25) is 0 Å². The summed E-state index contributed by atoms with van der Waals surface area (Å²) in [7, 11) is 0. The van der Waals surface area contributed by atoms with Crippen LogP contribution in [-0.2, 0) is 0 Å². The van der Waals surface area contributed by atoms with Gasteiger partial charge in [-0.2, -0.15) is 0 Å². The quantitative estimate of drug-likeness (QED) is 0.423. The van der Waals surface area contributed by atoms with E-state index >= 15 is 0 Å². The summed E-state index contributed by atoms with van der Waals surface area (Å²) in [5.74, 6) is 0. The van der Waals surface area contributed by atoms with Gasteiger partial charge in [0.05, 0.1) is 0 Å². The standard InChI is InChI=1S/C12H7ClN2/c13-11-6-5-10-9-4-2-1-3-8(9)7-14-12(10)15-11/h1-7H. The third-order valence-electron chi connectivity index (χ3n) is 2.42. The summed E-state index contributed by atoms with van der Waals surface area (Å²) in [6.07, 6.45) is 1.82. The summed E-state index contributed by atoms with van der Waals surface area (Å²) in [6, 6.07) is 11.9. The van der Waals surface area contributed by atoms with Crippen molar-refractivity contribution in [2.45, 2.75) is 0 Å². The maximum atomic E-state index is 5.82. The molecule has 0 radical (unpaired) electrons. The summed E-state index contributed by atoms with van der Waals surface area (Å²) in [5.41, 5.74) is 0.696. The molecule has 2 aromatic heterocycles. The van der Waals surface area contributed by atoms with Gasteiger partial charge in [-0.05, 0) is 17.5 Å². The molecule has 0 saturated heterocycles. The highest BCUT2D eigenvalue weighted by Crippen LogP contribution is 2.23. The zero-order valence-corrected chi connectivity index (χ0v) is 8.57. The first-order valence-electron chi connectivity index (χ1n) is 4.64. The van der Waals surface area contributed by atoms with Crippen LogP contribution in [0.1, 0.15) is 0 Å². The van der Waals surface area contributed by atoms with Gasteiger partial charge >= 0.3 is 0 Å². The van der Waals surface area contributed by atoms with E-state index in [4.69, 9.17) is 11.6 Å². The minimum absolute atomic E-state index is 0.477. The van der Waals surface area contributed by atoms with Gasteiger partial charge in [-0.15, -0.1) is 0 Å². The number of hydrogen-bond acceptors (Lipinski definition) is 2. The molecule has 2 heterocycles. The zero-order valence-electron chi connectivity index (χ0n) is 7.81. The van der Waals surface area contributed by atoms with Gasteiger partial charge in [0, 0.05) is 17.0 Å². The van der Waals surface area contributed by atoms with Crippen LogP contribution in [0, 0.1) is 0 Å². The third kappa shape index (κ3) is 1.34. The fourth-order valence-electron chi connectivity index (χ4n) is 1.72. The fraction of sp³-hybridized carbons (Fsp3) is 0. The summed E-state index contributed by atoms with van der Waals surface area (Å²) in [5, 5.41) is 3.79. The molecule has 0 aliphatic carbocycles. The summed E-state index contributed by atoms with van der Waals surface area (Å²) < 4.78 is 0. The number of aromatic nitrogens is 2. The predicted octanol–water partition coefficient (Wildman–Crippen LogP) is 3.44. The van der Waals surface area contributed by atoms with Crippen LogP contribution < -0.4 is 0 Å². The second-order valence-corrected chi connectivity index (χ2v) is 3.74. The lowest BCUT2D eigenvalue weighted by Crippen LogP contribution is -1.85. The van der Waals surface area contributed by atoms with Gasteiger partial charge in [0.2, 0.25) is 0 Å². The second-order valence-electron chi connectivity index (χ2n) is 3.35. The number of benzene rings is 1. The Morgan fingerprint density at radius 3 is 2.73 bits per heavy atom. The summed E-state index contributed by atoms with van der Waals surface area (Å²) >= 11 is 5.82. The molecule has 0 spiro atoms. The molecule has 0 aliphatic rings. The number of nitrogens with zero attached hydrogens (tertiary/aromatic N) is 2. The molecule has 0 bridgehead atoms. The molecule has 3 aromatic rings. The lowest BCUT2D eigenvalue weighted by molar-refractivity contribution is 1.30. The van der Waals surface area contributed by atoms with E-state index in [0.717, 1.165) is 16.2 Å². The normalized spacial score (nSPS) is 11.0. The molecule has 0 unspecified atom stereocenters. The molecule has 1 aromatic carbocycles. The first kappa shape index (κ1) is 8.62. The number of halogens is 1. The van der Waals surface area contributed by atoms with Gasteiger partial charge in [-0.1, -0.05) is 35.9 Å². The van der Waals surface area contributed by atoms with Crippen molar-refractivity contribution in [1.82, 2.24) is 9.97 Å². The van der Waals surface area contributed by atoms with Crippen LogP contribution >= 0.6 is 11.6 Å². The van der Waals surface area contributed by atoms with Gasteiger partial charge in [0.1, 0.15) is 5.15 Å². The molecular formula is C12H7ClN2. The molecule has 3 rings (SSSR count). The maximum Gasteiger partial charge on any atom is 0.161 e. The Morgan fingerprint density at radius 2 is 1.80 bits per heavy atom. The molecule has 2 nitrogen and oxygen atoms in total. The van der Waals surface area contributed by atoms with Crippen LogP contribution in [-0.4, -0.2) is 9.97 Å². The monoisotopic (exact) mass is 214 g/mol. The van der Waals surface area contributed by atoms with Crippen LogP contribution in [0.25, 0.3) is 21.8 Å². The van der Waals surface area contributed by atoms with Crippen molar-refractivity contribution in [3.8, 4) is 0 Å². The van der Waals surface area contributed by atoms with Crippen molar-refractivity contribution in [1.29, 1.82) is 0 Å². The van der Waals surface area contributed by atoms with Crippen molar-refractivity contribution in [2.24, 2.45) is 0 Å². The molecular weight excluding hydrogens is 208 g/mol. The molecule has 0 saturated carbocycles. The lowest BCUT2D eigenvalue weighted by Gasteiger charge is -2.01. The molecule has 0 amide bonds. The fourth-order valence-corrected chi connectivity index (χ4v) is 1.86. The summed E-state index contributed by atoms with van der Waals surface area (Å²) in [6.45, 7) is 0. The highest BCUT2D eigenvalue weighted by Gasteiger charge is 2.02. The Bertz CT molecular complexity index is 649. The van der Waals surface area contributed by atoms with E-state index in [1.165, 1.54) is 0 Å². The van der Waals surface area contributed by atoms with Crippen LogP contribution in [0.2, 0.25) is 5.15 Å². The van der Waals surface area contributed by atoms with Crippen molar-refractivity contribution in [3.05, 3.63) is 47.7 Å². The molecule has 15 heavy (non-hydrogen) atoms. The van der Waals surface area contributed by atoms with Crippen LogP contribution in [0.3, 0.4) is 0 Å².